The van der Waals surface area contributed by atoms with Crippen LogP contribution in [0.5, 0.6) is 0 Å². The Kier molecular flexibility index (Phi) is 11.8. The van der Waals surface area contributed by atoms with E-state index in [4.69, 9.17) is 14.6 Å². The molecule has 0 radical (unpaired) electrons. The third kappa shape index (κ3) is 8.35. The maximum absolute atomic E-state index is 12.5. The number of aliphatic hydroxyl groups excluding tert-OH is 1. The molecule has 0 aromatic heterocycles. The SMILES string of the molecule is CCCC1CC(C)CCN1c1ccc2cc(/C=C(\C#N)C(=O)SCCOCCOCCO)ccc2c1. The van der Waals surface area contributed by atoms with Crippen LogP contribution in [0.15, 0.2) is 42.0 Å². The molecule has 194 valence electrons. The van der Waals surface area contributed by atoms with Gasteiger partial charge >= 0.3 is 0 Å². The second kappa shape index (κ2) is 15.0. The number of rotatable bonds is 13. The van der Waals surface area contributed by atoms with Gasteiger partial charge in [0.1, 0.15) is 11.6 Å². The predicted molar refractivity (Wildman–Crippen MR) is 148 cm³/mol. The van der Waals surface area contributed by atoms with Gasteiger partial charge in [0.2, 0.25) is 5.12 Å². The van der Waals surface area contributed by atoms with Crippen molar-refractivity contribution in [2.75, 3.05) is 50.2 Å². The maximum Gasteiger partial charge on any atom is 0.229 e. The average molecular weight is 511 g/mol. The van der Waals surface area contributed by atoms with Gasteiger partial charge in [-0.25, -0.2) is 0 Å². The smallest absolute Gasteiger partial charge is 0.229 e. The minimum atomic E-state index is -0.255. The summed E-state index contributed by atoms with van der Waals surface area (Å²) in [6.45, 7) is 7.21. The van der Waals surface area contributed by atoms with Crippen molar-refractivity contribution in [2.45, 2.75) is 45.6 Å². The Morgan fingerprint density at radius 2 is 1.92 bits per heavy atom. The van der Waals surface area contributed by atoms with Crippen LogP contribution in [0, 0.1) is 17.2 Å². The molecule has 0 spiro atoms. The van der Waals surface area contributed by atoms with Gasteiger partial charge in [0, 0.05) is 24.0 Å². The molecule has 6 nitrogen and oxygen atoms in total. The van der Waals surface area contributed by atoms with Gasteiger partial charge in [0.15, 0.2) is 0 Å². The van der Waals surface area contributed by atoms with E-state index >= 15 is 0 Å². The van der Waals surface area contributed by atoms with Gasteiger partial charge in [-0.2, -0.15) is 5.26 Å². The molecule has 0 aliphatic carbocycles. The number of nitriles is 1. The summed E-state index contributed by atoms with van der Waals surface area (Å²) in [4.78, 5) is 15.1. The molecule has 0 bridgehead atoms. The molecule has 1 heterocycles. The van der Waals surface area contributed by atoms with Crippen molar-refractivity contribution >= 4 is 39.4 Å². The summed E-state index contributed by atoms with van der Waals surface area (Å²) in [5.41, 5.74) is 2.25. The van der Waals surface area contributed by atoms with Crippen molar-refractivity contribution < 1.29 is 19.4 Å². The van der Waals surface area contributed by atoms with E-state index in [2.05, 4.69) is 43.0 Å². The number of anilines is 1. The minimum Gasteiger partial charge on any atom is -0.394 e. The molecule has 3 rings (SSSR count). The van der Waals surface area contributed by atoms with Crippen LogP contribution in [-0.4, -0.2) is 61.6 Å². The number of nitrogens with zero attached hydrogens (tertiary/aromatic N) is 2. The highest BCUT2D eigenvalue weighted by Gasteiger charge is 2.25. The molecule has 1 aliphatic heterocycles. The monoisotopic (exact) mass is 510 g/mol. The Bertz CT molecular complexity index is 1060. The number of benzene rings is 2. The molecule has 2 unspecified atom stereocenters. The summed E-state index contributed by atoms with van der Waals surface area (Å²) in [5, 5.41) is 20.2. The molecule has 1 aliphatic rings. The third-order valence-corrected chi connectivity index (χ3v) is 7.35. The van der Waals surface area contributed by atoms with Crippen molar-refractivity contribution in [2.24, 2.45) is 5.92 Å². The zero-order chi connectivity index (χ0) is 25.8. The van der Waals surface area contributed by atoms with Gasteiger partial charge in [0.05, 0.1) is 33.0 Å². The molecule has 7 heteroatoms. The standard InChI is InChI=1S/C29H38N2O4S/c1-3-4-27-17-22(2)9-10-31(27)28-8-7-24-18-23(5-6-25(24)20-28)19-26(21-30)29(33)36-16-15-35-14-13-34-12-11-32/h5-8,18-20,22,27,32H,3-4,9-17H2,1-2H3/b26-19+. The van der Waals surface area contributed by atoms with Crippen molar-refractivity contribution in [3.8, 4) is 6.07 Å². The fourth-order valence-corrected chi connectivity index (χ4v) is 5.33. The highest BCUT2D eigenvalue weighted by Crippen LogP contribution is 2.32. The molecule has 2 aromatic carbocycles. The van der Waals surface area contributed by atoms with Gasteiger partial charge in [-0.3, -0.25) is 4.79 Å². The lowest BCUT2D eigenvalue weighted by Crippen LogP contribution is -2.42. The van der Waals surface area contributed by atoms with E-state index in [-0.39, 0.29) is 17.3 Å². The largest absolute Gasteiger partial charge is 0.394 e. The molecule has 1 fully saturated rings. The first-order chi connectivity index (χ1) is 17.5. The van der Waals surface area contributed by atoms with E-state index in [1.807, 2.05) is 18.2 Å². The van der Waals surface area contributed by atoms with E-state index in [1.165, 1.54) is 31.4 Å². The van der Waals surface area contributed by atoms with Gasteiger partial charge in [-0.05, 0) is 65.8 Å². The first-order valence-corrected chi connectivity index (χ1v) is 13.9. The number of ether oxygens (including phenoxy) is 2. The van der Waals surface area contributed by atoms with E-state index in [9.17, 15) is 10.1 Å². The Morgan fingerprint density at radius 1 is 1.17 bits per heavy atom. The Hall–Kier alpha value is -2.37. The highest BCUT2D eigenvalue weighted by molar-refractivity contribution is 8.14. The lowest BCUT2D eigenvalue weighted by atomic mass is 9.89. The number of hydrogen-bond donors (Lipinski definition) is 1. The number of fused-ring (bicyclic) bond motifs is 1. The number of thioether (sulfide) groups is 1. The lowest BCUT2D eigenvalue weighted by Gasteiger charge is -2.40. The average Bonchev–Trinajstić information content (AvgIpc) is 2.88. The first kappa shape index (κ1) is 28.2. The van der Waals surface area contributed by atoms with Crippen molar-refractivity contribution in [1.29, 1.82) is 5.26 Å². The van der Waals surface area contributed by atoms with Crippen molar-refractivity contribution in [3.63, 3.8) is 0 Å². The predicted octanol–water partition coefficient (Wildman–Crippen LogP) is 5.44. The second-order valence-corrected chi connectivity index (χ2v) is 10.4. The molecule has 1 N–H and O–H groups in total. The molecular formula is C29H38N2O4S. The van der Waals surface area contributed by atoms with Crippen LogP contribution in [0.3, 0.4) is 0 Å². The van der Waals surface area contributed by atoms with E-state index in [1.54, 1.807) is 6.08 Å². The number of piperidine rings is 1. The Morgan fingerprint density at radius 3 is 2.67 bits per heavy atom. The summed E-state index contributed by atoms with van der Waals surface area (Å²) >= 11 is 1.08. The molecule has 1 saturated heterocycles. The number of carbonyl (C=O) groups excluding carboxylic acids is 1. The maximum atomic E-state index is 12.5. The lowest BCUT2D eigenvalue weighted by molar-refractivity contribution is -0.107. The van der Waals surface area contributed by atoms with Gasteiger partial charge in [-0.15, -0.1) is 0 Å². The van der Waals surface area contributed by atoms with Gasteiger partial charge in [-0.1, -0.05) is 50.2 Å². The van der Waals surface area contributed by atoms with Crippen LogP contribution >= 0.6 is 11.8 Å². The second-order valence-electron chi connectivity index (χ2n) is 9.31. The highest BCUT2D eigenvalue weighted by atomic mass is 32.2. The van der Waals surface area contributed by atoms with Crippen molar-refractivity contribution in [1.82, 2.24) is 0 Å². The van der Waals surface area contributed by atoms with Crippen LogP contribution < -0.4 is 4.90 Å². The summed E-state index contributed by atoms with van der Waals surface area (Å²) < 4.78 is 10.5. The van der Waals surface area contributed by atoms with Crippen LogP contribution in [0.2, 0.25) is 0 Å². The Labute approximate surface area is 219 Å². The summed E-state index contributed by atoms with van der Waals surface area (Å²) in [6.07, 6.45) is 6.57. The Balaban J connectivity index is 1.61. The minimum absolute atomic E-state index is 0.0106. The summed E-state index contributed by atoms with van der Waals surface area (Å²) in [5.74, 6) is 1.25. The molecule has 0 amide bonds. The fraction of sp³-hybridized carbons (Fsp3) is 0.517. The van der Waals surface area contributed by atoms with Crippen LogP contribution in [0.1, 0.15) is 45.1 Å². The number of aliphatic hydroxyl groups is 1. The van der Waals surface area contributed by atoms with E-state index in [0.717, 1.165) is 40.6 Å². The number of hydrogen-bond acceptors (Lipinski definition) is 7. The third-order valence-electron chi connectivity index (χ3n) is 6.50. The van der Waals surface area contributed by atoms with Gasteiger partial charge < -0.3 is 19.5 Å². The summed E-state index contributed by atoms with van der Waals surface area (Å²) in [6, 6.07) is 15.3. The van der Waals surface area contributed by atoms with E-state index < -0.39 is 0 Å². The van der Waals surface area contributed by atoms with Crippen LogP contribution in [0.25, 0.3) is 16.8 Å². The fourth-order valence-electron chi connectivity index (χ4n) is 4.68. The van der Waals surface area contributed by atoms with Crippen LogP contribution in [-0.2, 0) is 14.3 Å². The molecular weight excluding hydrogens is 472 g/mol. The molecule has 2 atom stereocenters. The van der Waals surface area contributed by atoms with Crippen molar-refractivity contribution in [3.05, 3.63) is 47.5 Å². The molecule has 2 aromatic rings. The number of carbonyl (C=O) groups is 1. The van der Waals surface area contributed by atoms with Gasteiger partial charge in [0.25, 0.3) is 0 Å². The molecule has 0 saturated carbocycles. The van der Waals surface area contributed by atoms with E-state index in [0.29, 0.717) is 38.2 Å². The first-order valence-electron chi connectivity index (χ1n) is 12.9. The zero-order valence-corrected chi connectivity index (χ0v) is 22.3. The normalized spacial score (nSPS) is 18.4. The molecule has 36 heavy (non-hydrogen) atoms. The quantitative estimate of drug-likeness (QED) is 0.218. The zero-order valence-electron chi connectivity index (χ0n) is 21.4. The topological polar surface area (TPSA) is 82.8 Å². The summed E-state index contributed by atoms with van der Waals surface area (Å²) in [7, 11) is 0. The van der Waals surface area contributed by atoms with Crippen LogP contribution in [0.4, 0.5) is 5.69 Å².